The summed E-state index contributed by atoms with van der Waals surface area (Å²) in [6.07, 6.45) is 2.54. The number of ether oxygens (including phenoxy) is 2. The standard InChI is InChI=1S/C9H18BO2/c1-4-10-9-7(2)5-8(12-9)6-11-3/h7-9H,4-6H2,1-3H3. The van der Waals surface area contributed by atoms with Crippen LogP contribution >= 0.6 is 0 Å². The van der Waals surface area contributed by atoms with Gasteiger partial charge in [0.15, 0.2) is 0 Å². The van der Waals surface area contributed by atoms with Gasteiger partial charge in [0.05, 0.1) is 12.7 Å². The van der Waals surface area contributed by atoms with E-state index in [1.54, 1.807) is 7.11 Å². The van der Waals surface area contributed by atoms with E-state index in [4.69, 9.17) is 9.47 Å². The van der Waals surface area contributed by atoms with Gasteiger partial charge in [0.1, 0.15) is 7.28 Å². The molecular weight excluding hydrogens is 151 g/mol. The van der Waals surface area contributed by atoms with Gasteiger partial charge in [-0.3, -0.25) is 0 Å². The quantitative estimate of drug-likeness (QED) is 0.594. The Kier molecular flexibility index (Phi) is 4.09. The molecule has 1 rings (SSSR count). The zero-order valence-electron chi connectivity index (χ0n) is 8.25. The predicted molar refractivity (Wildman–Crippen MR) is 50.6 cm³/mol. The van der Waals surface area contributed by atoms with Crippen molar-refractivity contribution >= 4 is 7.28 Å². The van der Waals surface area contributed by atoms with Gasteiger partial charge in [-0.15, -0.1) is 0 Å². The maximum absolute atomic E-state index is 5.77. The van der Waals surface area contributed by atoms with E-state index in [9.17, 15) is 0 Å². The van der Waals surface area contributed by atoms with Crippen molar-refractivity contribution in [3.8, 4) is 0 Å². The van der Waals surface area contributed by atoms with Crippen molar-refractivity contribution in [3.63, 3.8) is 0 Å². The van der Waals surface area contributed by atoms with Crippen LogP contribution in [0.15, 0.2) is 0 Å². The average Bonchev–Trinajstić information content (AvgIpc) is 2.34. The molecule has 3 heteroatoms. The zero-order valence-corrected chi connectivity index (χ0v) is 8.25. The lowest BCUT2D eigenvalue weighted by Crippen LogP contribution is -2.22. The monoisotopic (exact) mass is 169 g/mol. The van der Waals surface area contributed by atoms with Crippen molar-refractivity contribution < 1.29 is 9.47 Å². The molecule has 0 aromatic carbocycles. The minimum atomic E-state index is 0.317. The van der Waals surface area contributed by atoms with Crippen molar-refractivity contribution in [3.05, 3.63) is 0 Å². The molecule has 0 bridgehead atoms. The van der Waals surface area contributed by atoms with E-state index in [0.717, 1.165) is 19.3 Å². The number of hydrogen-bond acceptors (Lipinski definition) is 2. The molecule has 0 aromatic heterocycles. The minimum absolute atomic E-state index is 0.317. The number of methoxy groups -OCH3 is 1. The molecule has 0 spiro atoms. The zero-order chi connectivity index (χ0) is 8.97. The van der Waals surface area contributed by atoms with Gasteiger partial charge in [0.25, 0.3) is 0 Å². The van der Waals surface area contributed by atoms with Crippen LogP contribution in [0.25, 0.3) is 0 Å². The molecule has 3 unspecified atom stereocenters. The summed E-state index contributed by atoms with van der Waals surface area (Å²) in [6, 6.07) is 0.357. The highest BCUT2D eigenvalue weighted by atomic mass is 16.5. The van der Waals surface area contributed by atoms with E-state index in [1.165, 1.54) is 0 Å². The van der Waals surface area contributed by atoms with Crippen molar-refractivity contribution in [1.82, 2.24) is 0 Å². The topological polar surface area (TPSA) is 18.5 Å². The smallest absolute Gasteiger partial charge is 0.149 e. The molecule has 0 N–H and O–H groups in total. The molecule has 1 saturated heterocycles. The molecule has 12 heavy (non-hydrogen) atoms. The lowest BCUT2D eigenvalue weighted by atomic mass is 9.65. The molecule has 0 saturated carbocycles. The fourth-order valence-corrected chi connectivity index (χ4v) is 1.77. The third-order valence-corrected chi connectivity index (χ3v) is 2.37. The first-order valence-corrected chi connectivity index (χ1v) is 4.75. The largest absolute Gasteiger partial charge is 0.382 e. The molecule has 0 aromatic rings. The van der Waals surface area contributed by atoms with Crippen LogP contribution in [0.3, 0.4) is 0 Å². The van der Waals surface area contributed by atoms with Crippen LogP contribution in [0.5, 0.6) is 0 Å². The van der Waals surface area contributed by atoms with Gasteiger partial charge in [0.2, 0.25) is 0 Å². The summed E-state index contributed by atoms with van der Waals surface area (Å²) in [6.45, 7) is 5.13. The van der Waals surface area contributed by atoms with Gasteiger partial charge in [-0.2, -0.15) is 0 Å². The first-order valence-electron chi connectivity index (χ1n) is 4.75. The summed E-state index contributed by atoms with van der Waals surface area (Å²) in [5, 5.41) is 0. The highest BCUT2D eigenvalue weighted by Crippen LogP contribution is 2.25. The second-order valence-electron chi connectivity index (χ2n) is 3.53. The van der Waals surface area contributed by atoms with Gasteiger partial charge in [0, 0.05) is 13.1 Å². The van der Waals surface area contributed by atoms with E-state index < -0.39 is 0 Å². The normalized spacial score (nSPS) is 35.4. The van der Waals surface area contributed by atoms with Crippen molar-refractivity contribution in [2.45, 2.75) is 38.7 Å². The lowest BCUT2D eigenvalue weighted by Gasteiger charge is -2.13. The second kappa shape index (κ2) is 4.88. The van der Waals surface area contributed by atoms with Crippen molar-refractivity contribution in [2.24, 2.45) is 5.92 Å². The molecule has 69 valence electrons. The highest BCUT2D eigenvalue weighted by Gasteiger charge is 2.31. The first kappa shape index (κ1) is 10.1. The Hall–Kier alpha value is -0.0151. The molecule has 1 fully saturated rings. The molecule has 2 nitrogen and oxygen atoms in total. The van der Waals surface area contributed by atoms with Crippen LogP contribution in [0.4, 0.5) is 0 Å². The third kappa shape index (κ3) is 2.49. The molecule has 0 amide bonds. The van der Waals surface area contributed by atoms with Crippen LogP contribution in [-0.4, -0.2) is 33.1 Å². The third-order valence-electron chi connectivity index (χ3n) is 2.37. The molecule has 3 atom stereocenters. The average molecular weight is 169 g/mol. The van der Waals surface area contributed by atoms with Crippen LogP contribution in [-0.2, 0) is 9.47 Å². The Balaban J connectivity index is 2.29. The molecule has 1 heterocycles. The van der Waals surface area contributed by atoms with Gasteiger partial charge in [-0.25, -0.2) is 0 Å². The minimum Gasteiger partial charge on any atom is -0.382 e. The Morgan fingerprint density at radius 1 is 1.58 bits per heavy atom. The molecule has 0 aliphatic carbocycles. The first-order chi connectivity index (χ1) is 5.77. The maximum Gasteiger partial charge on any atom is 0.149 e. The summed E-state index contributed by atoms with van der Waals surface area (Å²) < 4.78 is 10.8. The Labute approximate surface area is 75.9 Å². The van der Waals surface area contributed by atoms with Crippen LogP contribution < -0.4 is 0 Å². The summed E-state index contributed by atoms with van der Waals surface area (Å²) >= 11 is 0. The second-order valence-corrected chi connectivity index (χ2v) is 3.53. The molecule has 1 aliphatic rings. The van der Waals surface area contributed by atoms with Gasteiger partial charge >= 0.3 is 0 Å². The summed E-state index contributed by atoms with van der Waals surface area (Å²) in [7, 11) is 3.98. The number of rotatable bonds is 4. The van der Waals surface area contributed by atoms with Crippen LogP contribution in [0.1, 0.15) is 20.3 Å². The SMILES string of the molecule is CC[B]C1OC(COC)CC1C. The fourth-order valence-electron chi connectivity index (χ4n) is 1.77. The fraction of sp³-hybridized carbons (Fsp3) is 1.00. The predicted octanol–water partition coefficient (Wildman–Crippen LogP) is 1.53. The summed E-state index contributed by atoms with van der Waals surface area (Å²) in [5.74, 6) is 0.657. The Morgan fingerprint density at radius 3 is 2.92 bits per heavy atom. The summed E-state index contributed by atoms with van der Waals surface area (Å²) in [5.41, 5.74) is 0. The van der Waals surface area contributed by atoms with Crippen molar-refractivity contribution in [1.29, 1.82) is 0 Å². The molecular formula is C9H18BO2. The van der Waals surface area contributed by atoms with Gasteiger partial charge in [-0.05, 0) is 12.3 Å². The summed E-state index contributed by atoms with van der Waals surface area (Å²) in [4.78, 5) is 0. The van der Waals surface area contributed by atoms with E-state index >= 15 is 0 Å². The van der Waals surface area contributed by atoms with Gasteiger partial charge < -0.3 is 9.47 Å². The van der Waals surface area contributed by atoms with Crippen LogP contribution in [0, 0.1) is 5.92 Å². The van der Waals surface area contributed by atoms with Crippen molar-refractivity contribution in [2.75, 3.05) is 13.7 Å². The van der Waals surface area contributed by atoms with E-state index in [2.05, 4.69) is 21.1 Å². The Morgan fingerprint density at radius 2 is 2.33 bits per heavy atom. The van der Waals surface area contributed by atoms with E-state index in [-0.39, 0.29) is 0 Å². The molecule has 1 radical (unpaired) electrons. The molecule has 1 aliphatic heterocycles. The van der Waals surface area contributed by atoms with Crippen LogP contribution in [0.2, 0.25) is 6.32 Å². The highest BCUT2D eigenvalue weighted by molar-refractivity contribution is 6.37. The van der Waals surface area contributed by atoms with E-state index in [0.29, 0.717) is 18.0 Å². The maximum atomic E-state index is 5.77. The van der Waals surface area contributed by atoms with E-state index in [1.807, 2.05) is 0 Å². The van der Waals surface area contributed by atoms with Gasteiger partial charge in [-0.1, -0.05) is 20.2 Å². The lowest BCUT2D eigenvalue weighted by molar-refractivity contribution is 0.0220. The number of hydrogen-bond donors (Lipinski definition) is 0. The Bertz CT molecular complexity index is 130.